The van der Waals surface area contributed by atoms with E-state index in [0.29, 0.717) is 35.7 Å². The first-order valence-electron chi connectivity index (χ1n) is 10.2. The lowest BCUT2D eigenvalue weighted by Crippen LogP contribution is -2.12. The summed E-state index contributed by atoms with van der Waals surface area (Å²) in [6, 6.07) is 15.0. The Labute approximate surface area is 198 Å². The van der Waals surface area contributed by atoms with E-state index in [4.69, 9.17) is 0 Å². The van der Waals surface area contributed by atoms with Gasteiger partial charge in [0.2, 0.25) is 0 Å². The molecule has 2 aromatic heterocycles. The van der Waals surface area contributed by atoms with E-state index in [1.54, 1.807) is 47.7 Å². The number of aromatic nitrogens is 4. The molecule has 0 aliphatic carbocycles. The summed E-state index contributed by atoms with van der Waals surface area (Å²) >= 11 is 3.42. The lowest BCUT2D eigenvalue weighted by atomic mass is 10.1. The van der Waals surface area contributed by atoms with Gasteiger partial charge < -0.3 is 5.32 Å². The summed E-state index contributed by atoms with van der Waals surface area (Å²) in [5, 5.41) is 22.6. The van der Waals surface area contributed by atoms with Crippen molar-refractivity contribution in [3.05, 3.63) is 104 Å². The van der Waals surface area contributed by atoms with Crippen LogP contribution in [0.3, 0.4) is 0 Å². The highest BCUT2D eigenvalue weighted by atomic mass is 79.9. The van der Waals surface area contributed by atoms with Crippen molar-refractivity contribution in [2.75, 3.05) is 5.32 Å². The second-order valence-corrected chi connectivity index (χ2v) is 8.55. The molecule has 0 bridgehead atoms. The van der Waals surface area contributed by atoms with Gasteiger partial charge in [0.15, 0.2) is 0 Å². The number of rotatable bonds is 7. The molecule has 0 atom stereocenters. The van der Waals surface area contributed by atoms with Crippen molar-refractivity contribution in [2.45, 2.75) is 26.9 Å². The van der Waals surface area contributed by atoms with Gasteiger partial charge >= 0.3 is 5.69 Å². The Morgan fingerprint density at radius 2 is 1.70 bits per heavy atom. The molecular formula is C23H21BrN6O3. The highest BCUT2D eigenvalue weighted by molar-refractivity contribution is 9.10. The van der Waals surface area contributed by atoms with Crippen molar-refractivity contribution in [3.63, 3.8) is 0 Å². The lowest BCUT2D eigenvalue weighted by molar-refractivity contribution is -0.386. The van der Waals surface area contributed by atoms with Crippen LogP contribution in [0, 0.1) is 24.0 Å². The summed E-state index contributed by atoms with van der Waals surface area (Å²) in [7, 11) is 0. The third-order valence-electron chi connectivity index (χ3n) is 5.22. The fourth-order valence-corrected chi connectivity index (χ4v) is 3.80. The first-order valence-corrected chi connectivity index (χ1v) is 10.9. The zero-order valence-electron chi connectivity index (χ0n) is 18.0. The van der Waals surface area contributed by atoms with Gasteiger partial charge in [0.1, 0.15) is 11.4 Å². The van der Waals surface area contributed by atoms with Crippen molar-refractivity contribution in [1.29, 1.82) is 0 Å². The topological polar surface area (TPSA) is 108 Å². The standard InChI is InChI=1S/C23H21BrN6O3/c1-15-22(30(32)33)16(2)29(27-15)13-18-3-7-19(8-4-18)23(31)26-21-11-25-28(14-21)12-17-5-9-20(24)10-6-17/h3-11,14H,12-13H2,1-2H3,(H,26,31). The molecule has 4 aromatic rings. The van der Waals surface area contributed by atoms with Crippen molar-refractivity contribution in [1.82, 2.24) is 19.6 Å². The van der Waals surface area contributed by atoms with Gasteiger partial charge in [-0.25, -0.2) is 0 Å². The number of hydrogen-bond acceptors (Lipinski definition) is 5. The highest BCUT2D eigenvalue weighted by Crippen LogP contribution is 2.22. The molecule has 0 aliphatic heterocycles. The summed E-state index contributed by atoms with van der Waals surface area (Å²) in [6.07, 6.45) is 3.39. The van der Waals surface area contributed by atoms with Gasteiger partial charge in [-0.15, -0.1) is 0 Å². The van der Waals surface area contributed by atoms with Gasteiger partial charge in [-0.1, -0.05) is 40.2 Å². The molecule has 2 heterocycles. The number of halogens is 1. The second kappa shape index (κ2) is 9.37. The van der Waals surface area contributed by atoms with Crippen LogP contribution in [0.25, 0.3) is 0 Å². The SMILES string of the molecule is Cc1nn(Cc2ccc(C(=O)Nc3cnn(Cc4ccc(Br)cc4)c3)cc2)c(C)c1[N+](=O)[O-]. The van der Waals surface area contributed by atoms with Crippen LogP contribution in [-0.4, -0.2) is 30.4 Å². The summed E-state index contributed by atoms with van der Waals surface area (Å²) in [5.41, 5.74) is 4.01. The number of amides is 1. The Morgan fingerprint density at radius 3 is 2.33 bits per heavy atom. The van der Waals surface area contributed by atoms with Gasteiger partial charge in [0, 0.05) is 16.2 Å². The molecule has 0 aliphatic rings. The molecule has 1 N–H and O–H groups in total. The average molecular weight is 509 g/mol. The van der Waals surface area contributed by atoms with Gasteiger partial charge in [0.05, 0.1) is 29.9 Å². The fraction of sp³-hybridized carbons (Fsp3) is 0.174. The second-order valence-electron chi connectivity index (χ2n) is 7.64. The van der Waals surface area contributed by atoms with E-state index < -0.39 is 4.92 Å². The zero-order valence-corrected chi connectivity index (χ0v) is 19.6. The van der Waals surface area contributed by atoms with Crippen LogP contribution < -0.4 is 5.32 Å². The maximum atomic E-state index is 12.6. The largest absolute Gasteiger partial charge is 0.319 e. The molecule has 33 heavy (non-hydrogen) atoms. The number of aryl methyl sites for hydroxylation is 1. The Morgan fingerprint density at radius 1 is 1.06 bits per heavy atom. The van der Waals surface area contributed by atoms with E-state index in [1.165, 1.54) is 0 Å². The van der Waals surface area contributed by atoms with E-state index in [-0.39, 0.29) is 11.6 Å². The molecule has 0 saturated heterocycles. The highest BCUT2D eigenvalue weighted by Gasteiger charge is 2.21. The number of benzene rings is 2. The van der Waals surface area contributed by atoms with Gasteiger partial charge in [0.25, 0.3) is 5.91 Å². The number of nitro groups is 1. The minimum Gasteiger partial charge on any atom is -0.319 e. The minimum absolute atomic E-state index is 0.0340. The minimum atomic E-state index is -0.414. The Balaban J connectivity index is 1.39. The Hall–Kier alpha value is -3.79. The van der Waals surface area contributed by atoms with Crippen molar-refractivity contribution in [3.8, 4) is 0 Å². The van der Waals surface area contributed by atoms with Crippen LogP contribution in [0.4, 0.5) is 11.4 Å². The van der Waals surface area contributed by atoms with Crippen LogP contribution in [-0.2, 0) is 13.1 Å². The van der Waals surface area contributed by atoms with E-state index in [2.05, 4.69) is 31.4 Å². The number of hydrogen-bond donors (Lipinski definition) is 1. The van der Waals surface area contributed by atoms with Crippen molar-refractivity contribution >= 4 is 33.2 Å². The first kappa shape index (κ1) is 22.4. The summed E-state index contributed by atoms with van der Waals surface area (Å²) in [4.78, 5) is 23.4. The van der Waals surface area contributed by atoms with Crippen LogP contribution in [0.5, 0.6) is 0 Å². The van der Waals surface area contributed by atoms with Gasteiger partial charge in [-0.3, -0.25) is 24.3 Å². The van der Waals surface area contributed by atoms with Crippen molar-refractivity contribution < 1.29 is 9.72 Å². The fourth-order valence-electron chi connectivity index (χ4n) is 3.53. The average Bonchev–Trinajstić information content (AvgIpc) is 3.33. The third kappa shape index (κ3) is 5.17. The number of carbonyl (C=O) groups excluding carboxylic acids is 1. The molecular weight excluding hydrogens is 488 g/mol. The maximum absolute atomic E-state index is 12.6. The Bertz CT molecular complexity index is 1310. The zero-order chi connectivity index (χ0) is 23.5. The molecule has 9 nitrogen and oxygen atoms in total. The summed E-state index contributed by atoms with van der Waals surface area (Å²) in [5.74, 6) is -0.244. The molecule has 0 saturated carbocycles. The van der Waals surface area contributed by atoms with E-state index in [0.717, 1.165) is 15.6 Å². The molecule has 0 fully saturated rings. The van der Waals surface area contributed by atoms with E-state index in [9.17, 15) is 14.9 Å². The van der Waals surface area contributed by atoms with Crippen molar-refractivity contribution in [2.24, 2.45) is 0 Å². The maximum Gasteiger partial charge on any atom is 0.312 e. The van der Waals surface area contributed by atoms with Gasteiger partial charge in [-0.2, -0.15) is 10.2 Å². The Kier molecular flexibility index (Phi) is 6.36. The molecule has 0 radical (unpaired) electrons. The van der Waals surface area contributed by atoms with Crippen LogP contribution in [0.1, 0.15) is 32.9 Å². The molecule has 168 valence electrons. The van der Waals surface area contributed by atoms with Crippen LogP contribution >= 0.6 is 15.9 Å². The number of nitrogens with zero attached hydrogens (tertiary/aromatic N) is 5. The first-order chi connectivity index (χ1) is 15.8. The van der Waals surface area contributed by atoms with Gasteiger partial charge in [-0.05, 0) is 49.2 Å². The molecule has 10 heteroatoms. The monoisotopic (exact) mass is 508 g/mol. The quantitative estimate of drug-likeness (QED) is 0.287. The molecule has 4 rings (SSSR count). The molecule has 0 spiro atoms. The summed E-state index contributed by atoms with van der Waals surface area (Å²) in [6.45, 7) is 4.28. The lowest BCUT2D eigenvalue weighted by Gasteiger charge is -2.06. The predicted octanol–water partition coefficient (Wildman–Crippen LogP) is 4.72. The van der Waals surface area contributed by atoms with Crippen LogP contribution in [0.2, 0.25) is 0 Å². The third-order valence-corrected chi connectivity index (χ3v) is 5.75. The molecule has 1 amide bonds. The normalized spacial score (nSPS) is 10.9. The number of nitrogens with one attached hydrogen (secondary N) is 1. The predicted molar refractivity (Wildman–Crippen MR) is 127 cm³/mol. The molecule has 2 aromatic carbocycles. The molecule has 0 unspecified atom stereocenters. The van der Waals surface area contributed by atoms with Crippen LogP contribution in [0.15, 0.2) is 65.4 Å². The smallest absolute Gasteiger partial charge is 0.312 e. The van der Waals surface area contributed by atoms with E-state index in [1.807, 2.05) is 36.4 Å². The number of carbonyl (C=O) groups is 1. The summed E-state index contributed by atoms with van der Waals surface area (Å²) < 4.78 is 4.37. The number of anilines is 1. The van der Waals surface area contributed by atoms with E-state index >= 15 is 0 Å².